The highest BCUT2D eigenvalue weighted by atomic mass is 16.4. The number of carboxylic acid groups (broad SMARTS) is 1. The molecule has 0 radical (unpaired) electrons. The van der Waals surface area contributed by atoms with Gasteiger partial charge in [-0.2, -0.15) is 0 Å². The van der Waals surface area contributed by atoms with Crippen LogP contribution in [0.5, 0.6) is 0 Å². The Labute approximate surface area is 87.4 Å². The molecule has 0 saturated heterocycles. The topological polar surface area (TPSA) is 102 Å². The molecule has 1 aromatic rings. The van der Waals surface area contributed by atoms with E-state index in [1.54, 1.807) is 12.1 Å². The summed E-state index contributed by atoms with van der Waals surface area (Å²) in [6.07, 6.45) is -0.123. The molecule has 5 N–H and O–H groups in total. The Hall–Kier alpha value is -2.04. The smallest absolute Gasteiger partial charge is 0.305 e. The molecule has 0 amide bonds. The number of aliphatic carboxylic acids is 1. The van der Waals surface area contributed by atoms with E-state index < -0.39 is 12.0 Å². The van der Waals surface area contributed by atoms with Gasteiger partial charge in [0.1, 0.15) is 0 Å². The van der Waals surface area contributed by atoms with Crippen molar-refractivity contribution in [3.63, 3.8) is 0 Å². The molecule has 0 spiro atoms. The molecule has 0 aliphatic rings. The molecule has 1 unspecified atom stereocenters. The number of hydrogen-bond donors (Lipinski definition) is 3. The number of aliphatic imine (C=N–C) groups is 1. The van der Waals surface area contributed by atoms with Crippen molar-refractivity contribution in [1.82, 2.24) is 0 Å². The van der Waals surface area contributed by atoms with Crippen molar-refractivity contribution >= 4 is 11.9 Å². The molecule has 80 valence electrons. The van der Waals surface area contributed by atoms with Crippen LogP contribution in [0.15, 0.2) is 35.3 Å². The van der Waals surface area contributed by atoms with E-state index in [4.69, 9.17) is 16.6 Å². The molecular weight excluding hydrogens is 194 g/mol. The van der Waals surface area contributed by atoms with Crippen LogP contribution in [0.25, 0.3) is 0 Å². The maximum Gasteiger partial charge on any atom is 0.305 e. The average molecular weight is 207 g/mol. The molecule has 0 aliphatic carbocycles. The molecule has 0 saturated carbocycles. The Bertz CT molecular complexity index is 358. The van der Waals surface area contributed by atoms with Crippen molar-refractivity contribution in [2.45, 2.75) is 12.5 Å². The summed E-state index contributed by atoms with van der Waals surface area (Å²) in [4.78, 5) is 14.5. The van der Waals surface area contributed by atoms with Gasteiger partial charge in [0.2, 0.25) is 0 Å². The lowest BCUT2D eigenvalue weighted by Gasteiger charge is -2.10. The van der Waals surface area contributed by atoms with Crippen molar-refractivity contribution in [1.29, 1.82) is 0 Å². The first-order valence-corrected chi connectivity index (χ1v) is 4.45. The molecule has 0 aliphatic heterocycles. The summed E-state index contributed by atoms with van der Waals surface area (Å²) in [7, 11) is 0. The second kappa shape index (κ2) is 4.99. The molecular formula is C10H13N3O2. The van der Waals surface area contributed by atoms with Crippen LogP contribution < -0.4 is 11.5 Å². The van der Waals surface area contributed by atoms with Gasteiger partial charge in [0.05, 0.1) is 12.5 Å². The van der Waals surface area contributed by atoms with Crippen molar-refractivity contribution in [3.05, 3.63) is 35.9 Å². The van der Waals surface area contributed by atoms with Crippen LogP contribution in [0, 0.1) is 0 Å². The van der Waals surface area contributed by atoms with Gasteiger partial charge in [0.15, 0.2) is 5.96 Å². The summed E-state index contributed by atoms with van der Waals surface area (Å²) in [5.41, 5.74) is 11.3. The predicted octanol–water partition coefficient (Wildman–Crippen LogP) is 0.476. The minimum Gasteiger partial charge on any atom is -0.481 e. The Morgan fingerprint density at radius 2 is 1.93 bits per heavy atom. The summed E-state index contributed by atoms with van der Waals surface area (Å²) in [6.45, 7) is 0. The van der Waals surface area contributed by atoms with E-state index in [9.17, 15) is 4.79 Å². The highest BCUT2D eigenvalue weighted by Gasteiger charge is 2.13. The maximum absolute atomic E-state index is 10.6. The number of nitrogens with zero attached hydrogens (tertiary/aromatic N) is 1. The van der Waals surface area contributed by atoms with Gasteiger partial charge in [-0.15, -0.1) is 0 Å². The SMILES string of the molecule is NC(N)=NC(CC(=O)O)c1ccccc1. The quantitative estimate of drug-likeness (QED) is 0.493. The fourth-order valence-electron chi connectivity index (χ4n) is 1.26. The first kappa shape index (κ1) is 11.0. The number of hydrogen-bond acceptors (Lipinski definition) is 2. The lowest BCUT2D eigenvalue weighted by molar-refractivity contribution is -0.137. The Kier molecular flexibility index (Phi) is 3.68. The van der Waals surface area contributed by atoms with Crippen LogP contribution in [-0.2, 0) is 4.79 Å². The highest BCUT2D eigenvalue weighted by molar-refractivity contribution is 5.76. The normalized spacial score (nSPS) is 11.7. The van der Waals surface area contributed by atoms with E-state index in [0.717, 1.165) is 5.56 Å². The molecule has 0 heterocycles. The van der Waals surface area contributed by atoms with E-state index in [1.807, 2.05) is 18.2 Å². The Morgan fingerprint density at radius 3 is 2.40 bits per heavy atom. The molecule has 0 aromatic heterocycles. The van der Waals surface area contributed by atoms with Gasteiger partial charge >= 0.3 is 5.97 Å². The zero-order chi connectivity index (χ0) is 11.3. The zero-order valence-electron chi connectivity index (χ0n) is 8.13. The van der Waals surface area contributed by atoms with E-state index in [2.05, 4.69) is 4.99 Å². The largest absolute Gasteiger partial charge is 0.481 e. The second-order valence-corrected chi connectivity index (χ2v) is 3.08. The van der Waals surface area contributed by atoms with Gasteiger partial charge in [0.25, 0.3) is 0 Å². The first-order valence-electron chi connectivity index (χ1n) is 4.45. The van der Waals surface area contributed by atoms with Crippen LogP contribution in [0.1, 0.15) is 18.0 Å². The number of benzene rings is 1. The third kappa shape index (κ3) is 3.68. The zero-order valence-corrected chi connectivity index (χ0v) is 8.13. The monoisotopic (exact) mass is 207 g/mol. The molecule has 0 bridgehead atoms. The standard InChI is InChI=1S/C10H13N3O2/c11-10(12)13-8(6-9(14)15)7-4-2-1-3-5-7/h1-5,8H,6H2,(H,14,15)(H4,11,12,13). The molecule has 1 atom stereocenters. The van der Waals surface area contributed by atoms with Crippen molar-refractivity contribution in [2.24, 2.45) is 16.5 Å². The molecule has 5 heteroatoms. The fraction of sp³-hybridized carbons (Fsp3) is 0.200. The highest BCUT2D eigenvalue weighted by Crippen LogP contribution is 2.20. The summed E-state index contributed by atoms with van der Waals surface area (Å²) in [5.74, 6) is -1.04. The van der Waals surface area contributed by atoms with Gasteiger partial charge in [0, 0.05) is 0 Å². The van der Waals surface area contributed by atoms with Gasteiger partial charge in [-0.05, 0) is 5.56 Å². The van der Waals surface area contributed by atoms with Gasteiger partial charge in [-0.3, -0.25) is 4.79 Å². The molecule has 1 rings (SSSR count). The van der Waals surface area contributed by atoms with Crippen molar-refractivity contribution in [3.8, 4) is 0 Å². The first-order chi connectivity index (χ1) is 7.09. The summed E-state index contributed by atoms with van der Waals surface area (Å²) < 4.78 is 0. The fourth-order valence-corrected chi connectivity index (χ4v) is 1.26. The molecule has 1 aromatic carbocycles. The number of guanidine groups is 1. The number of rotatable bonds is 4. The van der Waals surface area contributed by atoms with Crippen LogP contribution in [0.4, 0.5) is 0 Å². The third-order valence-electron chi connectivity index (χ3n) is 1.86. The van der Waals surface area contributed by atoms with Gasteiger partial charge in [-0.1, -0.05) is 30.3 Å². The van der Waals surface area contributed by atoms with Crippen LogP contribution in [0.3, 0.4) is 0 Å². The predicted molar refractivity (Wildman–Crippen MR) is 57.2 cm³/mol. The number of carbonyl (C=O) groups is 1. The Balaban J connectivity index is 2.91. The summed E-state index contributed by atoms with van der Waals surface area (Å²) in [6, 6.07) is 8.53. The van der Waals surface area contributed by atoms with Crippen molar-refractivity contribution < 1.29 is 9.90 Å². The summed E-state index contributed by atoms with van der Waals surface area (Å²) in [5, 5.41) is 8.71. The number of nitrogens with two attached hydrogens (primary N) is 2. The van der Waals surface area contributed by atoms with E-state index in [0.29, 0.717) is 0 Å². The van der Waals surface area contributed by atoms with E-state index in [-0.39, 0.29) is 12.4 Å². The van der Waals surface area contributed by atoms with Gasteiger partial charge < -0.3 is 16.6 Å². The van der Waals surface area contributed by atoms with Gasteiger partial charge in [-0.25, -0.2) is 4.99 Å². The average Bonchev–Trinajstić information content (AvgIpc) is 2.17. The van der Waals surface area contributed by atoms with E-state index >= 15 is 0 Å². The Morgan fingerprint density at radius 1 is 1.33 bits per heavy atom. The minimum absolute atomic E-state index is 0.106. The second-order valence-electron chi connectivity index (χ2n) is 3.08. The third-order valence-corrected chi connectivity index (χ3v) is 1.86. The van der Waals surface area contributed by atoms with Crippen LogP contribution in [0.2, 0.25) is 0 Å². The van der Waals surface area contributed by atoms with Crippen molar-refractivity contribution in [2.75, 3.05) is 0 Å². The lowest BCUT2D eigenvalue weighted by atomic mass is 10.0. The molecule has 0 fully saturated rings. The summed E-state index contributed by atoms with van der Waals surface area (Å²) >= 11 is 0. The molecule has 5 nitrogen and oxygen atoms in total. The lowest BCUT2D eigenvalue weighted by Crippen LogP contribution is -2.24. The maximum atomic E-state index is 10.6. The minimum atomic E-state index is -0.936. The van der Waals surface area contributed by atoms with Crippen LogP contribution in [-0.4, -0.2) is 17.0 Å². The van der Waals surface area contributed by atoms with E-state index in [1.165, 1.54) is 0 Å². The molecule has 15 heavy (non-hydrogen) atoms. The number of carboxylic acids is 1. The van der Waals surface area contributed by atoms with Crippen LogP contribution >= 0.6 is 0 Å².